The van der Waals surface area contributed by atoms with Gasteiger partial charge in [0.2, 0.25) is 5.91 Å². The average Bonchev–Trinajstić information content (AvgIpc) is 2.92. The molecule has 1 saturated heterocycles. The molecule has 0 aromatic heterocycles. The van der Waals surface area contributed by atoms with Gasteiger partial charge in [0.25, 0.3) is 0 Å². The summed E-state index contributed by atoms with van der Waals surface area (Å²) in [5, 5.41) is 6.01. The second-order valence-electron chi connectivity index (χ2n) is 5.76. The Labute approximate surface area is 121 Å². The Kier molecular flexibility index (Phi) is 5.56. The molecule has 1 fully saturated rings. The molecule has 110 valence electrons. The fourth-order valence-electron chi connectivity index (χ4n) is 2.39. The molecule has 1 aliphatic rings. The van der Waals surface area contributed by atoms with E-state index in [0.717, 1.165) is 12.2 Å². The van der Waals surface area contributed by atoms with Crippen LogP contribution in [0.25, 0.3) is 0 Å². The van der Waals surface area contributed by atoms with Gasteiger partial charge in [-0.05, 0) is 43.6 Å². The van der Waals surface area contributed by atoms with Gasteiger partial charge in [0.15, 0.2) is 0 Å². The highest BCUT2D eigenvalue weighted by molar-refractivity contribution is 5.92. The lowest BCUT2D eigenvalue weighted by Crippen LogP contribution is -2.32. The number of carbonyl (C=O) groups excluding carboxylic acids is 1. The number of benzene rings is 1. The molecule has 1 heterocycles. The van der Waals surface area contributed by atoms with Gasteiger partial charge in [0, 0.05) is 18.3 Å². The molecule has 4 heteroatoms. The molecule has 1 aromatic rings. The van der Waals surface area contributed by atoms with E-state index in [-0.39, 0.29) is 5.91 Å². The first-order chi connectivity index (χ1) is 9.63. The maximum absolute atomic E-state index is 11.7. The minimum atomic E-state index is 0.00555. The molecule has 4 nitrogen and oxygen atoms in total. The number of nitrogens with zero attached hydrogens (tertiary/aromatic N) is 1. The Morgan fingerprint density at radius 1 is 1.20 bits per heavy atom. The first kappa shape index (κ1) is 15.0. The van der Waals surface area contributed by atoms with Crippen molar-refractivity contribution < 1.29 is 4.79 Å². The molecular formula is C16H25N3O. The zero-order chi connectivity index (χ0) is 14.4. The number of rotatable bonds is 6. The van der Waals surface area contributed by atoms with Crippen LogP contribution in [-0.4, -0.2) is 36.5 Å². The summed E-state index contributed by atoms with van der Waals surface area (Å²) in [6.07, 6.45) is 2.63. The van der Waals surface area contributed by atoms with E-state index in [4.69, 9.17) is 0 Å². The largest absolute Gasteiger partial charge is 0.325 e. The van der Waals surface area contributed by atoms with Gasteiger partial charge in [-0.15, -0.1) is 0 Å². The third kappa shape index (κ3) is 4.94. The molecule has 1 amide bonds. The number of likely N-dealkylation sites (tertiary alicyclic amines) is 1. The molecular weight excluding hydrogens is 250 g/mol. The molecule has 0 radical (unpaired) electrons. The molecule has 0 unspecified atom stereocenters. The monoisotopic (exact) mass is 275 g/mol. The quantitative estimate of drug-likeness (QED) is 0.836. The molecule has 20 heavy (non-hydrogen) atoms. The van der Waals surface area contributed by atoms with Crippen LogP contribution in [0.5, 0.6) is 0 Å². The highest BCUT2D eigenvalue weighted by Gasteiger charge is 2.11. The molecule has 2 rings (SSSR count). The van der Waals surface area contributed by atoms with Gasteiger partial charge in [0.05, 0.1) is 6.54 Å². The number of hydrogen-bond acceptors (Lipinski definition) is 3. The first-order valence-corrected chi connectivity index (χ1v) is 7.48. The van der Waals surface area contributed by atoms with E-state index in [1.165, 1.54) is 31.5 Å². The maximum atomic E-state index is 11.7. The number of anilines is 1. The van der Waals surface area contributed by atoms with Crippen LogP contribution in [0.2, 0.25) is 0 Å². The topological polar surface area (TPSA) is 44.4 Å². The zero-order valence-electron chi connectivity index (χ0n) is 12.5. The summed E-state index contributed by atoms with van der Waals surface area (Å²) in [6, 6.07) is 8.49. The number of hydrogen-bond donors (Lipinski definition) is 2. The van der Waals surface area contributed by atoms with Crippen molar-refractivity contribution in [1.29, 1.82) is 0 Å². The van der Waals surface area contributed by atoms with E-state index in [2.05, 4.69) is 27.7 Å². The third-order valence-corrected chi connectivity index (χ3v) is 3.51. The van der Waals surface area contributed by atoms with Crippen LogP contribution >= 0.6 is 0 Å². The Hall–Kier alpha value is -1.39. The smallest absolute Gasteiger partial charge is 0.238 e. The van der Waals surface area contributed by atoms with Gasteiger partial charge in [-0.1, -0.05) is 26.0 Å². The number of carbonyl (C=O) groups is 1. The Balaban J connectivity index is 1.80. The molecule has 2 N–H and O–H groups in total. The molecule has 1 aliphatic heterocycles. The molecule has 0 atom stereocenters. The fourth-order valence-corrected chi connectivity index (χ4v) is 2.39. The molecule has 0 aliphatic carbocycles. The van der Waals surface area contributed by atoms with E-state index >= 15 is 0 Å². The van der Waals surface area contributed by atoms with E-state index in [1.807, 2.05) is 26.0 Å². The summed E-state index contributed by atoms with van der Waals surface area (Å²) in [7, 11) is 0. The summed E-state index contributed by atoms with van der Waals surface area (Å²) >= 11 is 0. The predicted molar refractivity (Wildman–Crippen MR) is 82.7 cm³/mol. The van der Waals surface area contributed by atoms with Crippen LogP contribution in [0.15, 0.2) is 24.3 Å². The summed E-state index contributed by atoms with van der Waals surface area (Å²) in [5.74, 6) is 0.00555. The summed E-state index contributed by atoms with van der Waals surface area (Å²) in [5.41, 5.74) is 2.18. The zero-order valence-corrected chi connectivity index (χ0v) is 12.5. The molecule has 1 aromatic carbocycles. The van der Waals surface area contributed by atoms with Crippen molar-refractivity contribution in [2.24, 2.45) is 0 Å². The summed E-state index contributed by atoms with van der Waals surface area (Å²) in [4.78, 5) is 14.2. The predicted octanol–water partition coefficient (Wildman–Crippen LogP) is 2.22. The van der Waals surface area contributed by atoms with Crippen molar-refractivity contribution >= 4 is 11.6 Å². The lowest BCUT2D eigenvalue weighted by Gasteiger charge is -2.15. The lowest BCUT2D eigenvalue weighted by atomic mass is 10.2. The maximum Gasteiger partial charge on any atom is 0.238 e. The Bertz CT molecular complexity index is 422. The van der Waals surface area contributed by atoms with Crippen molar-refractivity contribution in [3.8, 4) is 0 Å². The highest BCUT2D eigenvalue weighted by atomic mass is 16.1. The van der Waals surface area contributed by atoms with Crippen molar-refractivity contribution in [1.82, 2.24) is 10.2 Å². The van der Waals surface area contributed by atoms with Crippen molar-refractivity contribution in [3.05, 3.63) is 29.8 Å². The molecule has 0 saturated carbocycles. The molecule has 0 bridgehead atoms. The van der Waals surface area contributed by atoms with Gasteiger partial charge in [-0.25, -0.2) is 0 Å². The highest BCUT2D eigenvalue weighted by Crippen LogP contribution is 2.15. The number of nitrogens with one attached hydrogen (secondary N) is 2. The lowest BCUT2D eigenvalue weighted by molar-refractivity contribution is -0.115. The average molecular weight is 275 g/mol. The van der Waals surface area contributed by atoms with E-state index < -0.39 is 0 Å². The van der Waals surface area contributed by atoms with Crippen molar-refractivity contribution in [3.63, 3.8) is 0 Å². The summed E-state index contributed by atoms with van der Waals surface area (Å²) in [6.45, 7) is 7.84. The van der Waals surface area contributed by atoms with Gasteiger partial charge < -0.3 is 10.6 Å². The van der Waals surface area contributed by atoms with Crippen LogP contribution in [0.1, 0.15) is 32.3 Å². The fraction of sp³-hybridized carbons (Fsp3) is 0.562. The third-order valence-electron chi connectivity index (χ3n) is 3.51. The van der Waals surface area contributed by atoms with Gasteiger partial charge in [-0.2, -0.15) is 0 Å². The van der Waals surface area contributed by atoms with Crippen LogP contribution in [0.4, 0.5) is 5.69 Å². The SMILES string of the molecule is CC(C)NCC(=O)Nc1ccc(CN2CCCC2)cc1. The van der Waals surface area contributed by atoms with Crippen molar-refractivity contribution in [2.75, 3.05) is 25.0 Å². The number of amides is 1. The summed E-state index contributed by atoms with van der Waals surface area (Å²) < 4.78 is 0. The molecule has 0 spiro atoms. The second kappa shape index (κ2) is 7.41. The standard InChI is InChI=1S/C16H25N3O/c1-13(2)17-11-16(20)18-15-7-5-14(6-8-15)12-19-9-3-4-10-19/h5-8,13,17H,3-4,9-12H2,1-2H3,(H,18,20). The van der Waals surface area contributed by atoms with Crippen LogP contribution in [0, 0.1) is 0 Å². The van der Waals surface area contributed by atoms with Crippen LogP contribution < -0.4 is 10.6 Å². The van der Waals surface area contributed by atoms with E-state index in [9.17, 15) is 4.79 Å². The minimum absolute atomic E-state index is 0.00555. The first-order valence-electron chi connectivity index (χ1n) is 7.48. The van der Waals surface area contributed by atoms with Gasteiger partial charge >= 0.3 is 0 Å². The van der Waals surface area contributed by atoms with Crippen molar-refractivity contribution in [2.45, 2.75) is 39.3 Å². The van der Waals surface area contributed by atoms with Gasteiger partial charge in [-0.3, -0.25) is 9.69 Å². The normalized spacial score (nSPS) is 15.8. The minimum Gasteiger partial charge on any atom is -0.325 e. The Morgan fingerprint density at radius 2 is 1.85 bits per heavy atom. The van der Waals surface area contributed by atoms with E-state index in [0.29, 0.717) is 12.6 Å². The van der Waals surface area contributed by atoms with Gasteiger partial charge in [0.1, 0.15) is 0 Å². The van der Waals surface area contributed by atoms with Crippen LogP contribution in [-0.2, 0) is 11.3 Å². The van der Waals surface area contributed by atoms with Crippen LogP contribution in [0.3, 0.4) is 0 Å². The Morgan fingerprint density at radius 3 is 2.45 bits per heavy atom. The second-order valence-corrected chi connectivity index (χ2v) is 5.76. The van der Waals surface area contributed by atoms with E-state index in [1.54, 1.807) is 0 Å².